The number of anilines is 1. The van der Waals surface area contributed by atoms with E-state index in [0.29, 0.717) is 30.0 Å². The minimum atomic E-state index is -0.427. The quantitative estimate of drug-likeness (QED) is 0.866. The minimum Gasteiger partial charge on any atom is -0.408 e. The molecule has 134 valence electrons. The Morgan fingerprint density at radius 3 is 2.68 bits per heavy atom. The fourth-order valence-electron chi connectivity index (χ4n) is 3.54. The Hall–Kier alpha value is -2.32. The highest BCUT2D eigenvalue weighted by Gasteiger charge is 2.40. The lowest BCUT2D eigenvalue weighted by atomic mass is 9.90. The summed E-state index contributed by atoms with van der Waals surface area (Å²) >= 11 is 0. The second-order valence-corrected chi connectivity index (χ2v) is 6.59. The summed E-state index contributed by atoms with van der Waals surface area (Å²) in [5.41, 5.74) is 1.74. The highest BCUT2D eigenvalue weighted by Crippen LogP contribution is 2.35. The van der Waals surface area contributed by atoms with E-state index in [4.69, 9.17) is 13.9 Å². The predicted octanol–water partition coefficient (Wildman–Crippen LogP) is 1.94. The van der Waals surface area contributed by atoms with Gasteiger partial charge < -0.3 is 24.5 Å². The number of carbonyl (C=O) groups excluding carboxylic acids is 1. The second kappa shape index (κ2) is 6.20. The number of urea groups is 1. The van der Waals surface area contributed by atoms with Crippen LogP contribution in [0.15, 0.2) is 27.4 Å². The molecular weight excluding hydrogens is 326 g/mol. The number of hydrogen-bond donors (Lipinski definition) is 2. The fraction of sp³-hybridized carbons (Fsp3) is 0.529. The van der Waals surface area contributed by atoms with Crippen LogP contribution in [0.3, 0.4) is 0 Å². The van der Waals surface area contributed by atoms with Crippen LogP contribution < -0.4 is 16.4 Å². The number of oxazole rings is 1. The van der Waals surface area contributed by atoms with Crippen molar-refractivity contribution in [1.82, 2.24) is 9.88 Å². The smallest absolute Gasteiger partial charge is 0.408 e. The lowest BCUT2D eigenvalue weighted by Crippen LogP contribution is -2.45. The van der Waals surface area contributed by atoms with Crippen LogP contribution in [0.2, 0.25) is 0 Å². The Morgan fingerprint density at radius 2 is 1.96 bits per heavy atom. The number of nitrogens with one attached hydrogen (secondary N) is 2. The molecule has 2 aromatic rings. The van der Waals surface area contributed by atoms with Gasteiger partial charge in [-0.15, -0.1) is 0 Å². The van der Waals surface area contributed by atoms with Crippen LogP contribution in [0.5, 0.6) is 0 Å². The first kappa shape index (κ1) is 16.2. The molecule has 8 nitrogen and oxygen atoms in total. The van der Waals surface area contributed by atoms with Crippen molar-refractivity contribution in [2.24, 2.45) is 7.05 Å². The molecule has 4 rings (SSSR count). The van der Waals surface area contributed by atoms with E-state index in [9.17, 15) is 9.59 Å². The number of aryl methyl sites for hydroxylation is 1. The zero-order valence-electron chi connectivity index (χ0n) is 14.0. The molecule has 0 unspecified atom stereocenters. The van der Waals surface area contributed by atoms with Crippen molar-refractivity contribution in [1.29, 1.82) is 0 Å². The molecule has 0 atom stereocenters. The number of nitrogens with zero attached hydrogens (tertiary/aromatic N) is 1. The largest absolute Gasteiger partial charge is 0.419 e. The number of rotatable bonds is 2. The molecule has 25 heavy (non-hydrogen) atoms. The molecule has 2 N–H and O–H groups in total. The maximum absolute atomic E-state index is 12.2. The average Bonchev–Trinajstić information content (AvgIpc) is 3.16. The Kier molecular flexibility index (Phi) is 4.01. The predicted molar refractivity (Wildman–Crippen MR) is 90.5 cm³/mol. The average molecular weight is 347 g/mol. The summed E-state index contributed by atoms with van der Waals surface area (Å²) in [6.45, 7) is 1.30. The standard InChI is InChI=1S/C17H21N3O5/c1-20-13-10-12(2-3-14(13)25-16(20)22)19-15(21)18-11-4-6-17(7-5-11)23-8-9-24-17/h2-3,10-11H,4-9H2,1H3,(H2,18,19,21). The Morgan fingerprint density at radius 1 is 1.24 bits per heavy atom. The van der Waals surface area contributed by atoms with Gasteiger partial charge >= 0.3 is 11.8 Å². The lowest BCUT2D eigenvalue weighted by molar-refractivity contribution is -0.179. The molecular formula is C17H21N3O5. The Balaban J connectivity index is 1.36. The van der Waals surface area contributed by atoms with Crippen molar-refractivity contribution in [3.05, 3.63) is 28.7 Å². The summed E-state index contributed by atoms with van der Waals surface area (Å²) in [6, 6.07) is 4.94. The number of benzene rings is 1. The van der Waals surface area contributed by atoms with E-state index < -0.39 is 11.5 Å². The van der Waals surface area contributed by atoms with Gasteiger partial charge in [-0.1, -0.05) is 0 Å². The summed E-state index contributed by atoms with van der Waals surface area (Å²) in [6.07, 6.45) is 3.23. The van der Waals surface area contributed by atoms with Crippen LogP contribution in [0.4, 0.5) is 10.5 Å². The van der Waals surface area contributed by atoms with Gasteiger partial charge in [-0.3, -0.25) is 4.57 Å². The van der Waals surface area contributed by atoms with E-state index >= 15 is 0 Å². The SMILES string of the molecule is Cn1c(=O)oc2ccc(NC(=O)NC3CCC4(CC3)OCCO4)cc21. The topological polar surface area (TPSA) is 94.7 Å². The van der Waals surface area contributed by atoms with Gasteiger partial charge in [0.2, 0.25) is 0 Å². The van der Waals surface area contributed by atoms with Crippen molar-refractivity contribution in [3.63, 3.8) is 0 Å². The van der Waals surface area contributed by atoms with E-state index in [0.717, 1.165) is 25.7 Å². The normalized spacial score (nSPS) is 20.2. The number of fused-ring (bicyclic) bond motifs is 1. The van der Waals surface area contributed by atoms with Crippen molar-refractivity contribution in [3.8, 4) is 0 Å². The Bertz CT molecular complexity index is 840. The number of carbonyl (C=O) groups is 1. The molecule has 1 aromatic carbocycles. The molecule has 1 spiro atoms. The zero-order valence-corrected chi connectivity index (χ0v) is 14.0. The highest BCUT2D eigenvalue weighted by atomic mass is 16.7. The van der Waals surface area contributed by atoms with Crippen LogP contribution in [0.1, 0.15) is 25.7 Å². The van der Waals surface area contributed by atoms with Crippen molar-refractivity contribution < 1.29 is 18.7 Å². The first-order chi connectivity index (χ1) is 12.0. The summed E-state index contributed by atoms with van der Waals surface area (Å²) < 4.78 is 17.9. The second-order valence-electron chi connectivity index (χ2n) is 6.59. The van der Waals surface area contributed by atoms with Gasteiger partial charge in [0, 0.05) is 31.6 Å². The van der Waals surface area contributed by atoms with E-state index in [1.807, 2.05) is 0 Å². The molecule has 2 aliphatic rings. The number of amides is 2. The van der Waals surface area contributed by atoms with E-state index in [2.05, 4.69) is 10.6 Å². The molecule has 1 aromatic heterocycles. The molecule has 1 saturated carbocycles. The van der Waals surface area contributed by atoms with E-state index in [-0.39, 0.29) is 12.1 Å². The molecule has 2 amide bonds. The minimum absolute atomic E-state index is 0.0976. The molecule has 0 radical (unpaired) electrons. The summed E-state index contributed by atoms with van der Waals surface area (Å²) in [4.78, 5) is 23.8. The molecule has 8 heteroatoms. The molecule has 2 heterocycles. The van der Waals surface area contributed by atoms with Crippen LogP contribution in [0, 0.1) is 0 Å². The van der Waals surface area contributed by atoms with Crippen molar-refractivity contribution in [2.75, 3.05) is 18.5 Å². The summed E-state index contributed by atoms with van der Waals surface area (Å²) in [5, 5.41) is 5.80. The monoisotopic (exact) mass is 347 g/mol. The van der Waals surface area contributed by atoms with Gasteiger partial charge in [0.15, 0.2) is 11.4 Å². The number of hydrogen-bond acceptors (Lipinski definition) is 5. The number of aromatic nitrogens is 1. The van der Waals surface area contributed by atoms with E-state index in [1.54, 1.807) is 25.2 Å². The molecule has 1 aliphatic heterocycles. The van der Waals surface area contributed by atoms with Gasteiger partial charge in [-0.05, 0) is 31.0 Å². The zero-order chi connectivity index (χ0) is 17.4. The summed E-state index contributed by atoms with van der Waals surface area (Å²) in [5.74, 6) is -0.852. The third-order valence-corrected chi connectivity index (χ3v) is 4.95. The third-order valence-electron chi connectivity index (χ3n) is 4.95. The Labute approximate surface area is 144 Å². The van der Waals surface area contributed by atoms with Crippen LogP contribution >= 0.6 is 0 Å². The maximum atomic E-state index is 12.2. The van der Waals surface area contributed by atoms with Gasteiger partial charge in [-0.2, -0.15) is 0 Å². The van der Waals surface area contributed by atoms with Gasteiger partial charge in [0.1, 0.15) is 0 Å². The van der Waals surface area contributed by atoms with Crippen LogP contribution in [-0.2, 0) is 16.5 Å². The number of ether oxygens (including phenoxy) is 2. The van der Waals surface area contributed by atoms with Crippen LogP contribution in [0.25, 0.3) is 11.1 Å². The highest BCUT2D eigenvalue weighted by molar-refractivity contribution is 5.91. The van der Waals surface area contributed by atoms with Gasteiger partial charge in [-0.25, -0.2) is 9.59 Å². The molecule has 0 bridgehead atoms. The van der Waals surface area contributed by atoms with Crippen LogP contribution in [-0.4, -0.2) is 35.6 Å². The molecule has 1 saturated heterocycles. The molecule has 2 fully saturated rings. The fourth-order valence-corrected chi connectivity index (χ4v) is 3.54. The molecule has 1 aliphatic carbocycles. The van der Waals surface area contributed by atoms with Gasteiger partial charge in [0.25, 0.3) is 0 Å². The maximum Gasteiger partial charge on any atom is 0.419 e. The van der Waals surface area contributed by atoms with E-state index in [1.165, 1.54) is 4.57 Å². The third kappa shape index (κ3) is 3.14. The first-order valence-corrected chi connectivity index (χ1v) is 8.50. The van der Waals surface area contributed by atoms with Gasteiger partial charge in [0.05, 0.1) is 18.7 Å². The lowest BCUT2D eigenvalue weighted by Gasteiger charge is -2.35. The van der Waals surface area contributed by atoms with Crippen molar-refractivity contribution in [2.45, 2.75) is 37.5 Å². The first-order valence-electron chi connectivity index (χ1n) is 8.50. The summed E-state index contributed by atoms with van der Waals surface area (Å²) in [7, 11) is 1.63. The van der Waals surface area contributed by atoms with Crippen molar-refractivity contribution >= 4 is 22.8 Å².